The second-order valence-electron chi connectivity index (χ2n) is 4.64. The Morgan fingerprint density at radius 3 is 2.82 bits per heavy atom. The van der Waals surface area contributed by atoms with Gasteiger partial charge in [-0.1, -0.05) is 24.6 Å². The molecule has 1 atom stereocenters. The predicted molar refractivity (Wildman–Crippen MR) is 81.3 cm³/mol. The van der Waals surface area contributed by atoms with Crippen LogP contribution in [0.15, 0.2) is 36.7 Å². The second kappa shape index (κ2) is 7.13. The zero-order valence-electron chi connectivity index (χ0n) is 11.8. The number of hydrogen-bond donors (Lipinski definition) is 1. The highest BCUT2D eigenvalue weighted by molar-refractivity contribution is 6.35. The van der Waals surface area contributed by atoms with Crippen LogP contribution in [0, 0.1) is 5.82 Å². The molecular formula is C16H14ClFN2O2. The average Bonchev–Trinajstić information content (AvgIpc) is 2.54. The lowest BCUT2D eigenvalue weighted by atomic mass is 9.97. The van der Waals surface area contributed by atoms with Crippen LogP contribution in [0.3, 0.4) is 0 Å². The van der Waals surface area contributed by atoms with Crippen molar-refractivity contribution in [3.8, 4) is 0 Å². The Labute approximate surface area is 132 Å². The first-order chi connectivity index (χ1) is 10.6. The molecule has 0 radical (unpaired) electrons. The monoisotopic (exact) mass is 320 g/mol. The molecule has 0 fully saturated rings. The summed E-state index contributed by atoms with van der Waals surface area (Å²) in [5, 5.41) is 2.55. The number of pyridine rings is 1. The van der Waals surface area contributed by atoms with E-state index >= 15 is 0 Å². The Hall–Kier alpha value is -2.27. The summed E-state index contributed by atoms with van der Waals surface area (Å²) in [6, 6.07) is 5.54. The molecule has 0 saturated heterocycles. The molecule has 1 heterocycles. The number of carbonyl (C=O) groups is 2. The highest BCUT2D eigenvalue weighted by Crippen LogP contribution is 2.29. The first-order valence-electron chi connectivity index (χ1n) is 6.72. The zero-order valence-corrected chi connectivity index (χ0v) is 12.6. The van der Waals surface area contributed by atoms with Crippen molar-refractivity contribution in [3.63, 3.8) is 0 Å². The van der Waals surface area contributed by atoms with E-state index in [1.165, 1.54) is 24.5 Å². The van der Waals surface area contributed by atoms with Gasteiger partial charge in [-0.3, -0.25) is 14.6 Å². The number of amides is 1. The highest BCUT2D eigenvalue weighted by Gasteiger charge is 2.23. The van der Waals surface area contributed by atoms with Gasteiger partial charge in [0.05, 0.1) is 16.6 Å². The Morgan fingerprint density at radius 1 is 1.45 bits per heavy atom. The number of halogens is 2. The summed E-state index contributed by atoms with van der Waals surface area (Å²) >= 11 is 6.00. The van der Waals surface area contributed by atoms with Gasteiger partial charge in [-0.2, -0.15) is 0 Å². The van der Waals surface area contributed by atoms with Gasteiger partial charge in [-0.05, 0) is 24.6 Å². The standard InChI is InChI=1S/C16H14ClFN2O2/c1-2-13(20-9-21)11-5-6-12(17)14(15(11)18)16(22)10-4-3-7-19-8-10/h3-9,13H,2H2,1H3,(H,20,21)/t13-/m1/s1. The molecular weight excluding hydrogens is 307 g/mol. The van der Waals surface area contributed by atoms with Gasteiger partial charge in [0, 0.05) is 23.5 Å². The molecule has 2 aromatic rings. The van der Waals surface area contributed by atoms with Crippen molar-refractivity contribution in [2.45, 2.75) is 19.4 Å². The number of carbonyl (C=O) groups excluding carboxylic acids is 2. The lowest BCUT2D eigenvalue weighted by Crippen LogP contribution is -2.21. The first-order valence-corrected chi connectivity index (χ1v) is 7.10. The molecule has 0 aliphatic carbocycles. The fourth-order valence-electron chi connectivity index (χ4n) is 2.20. The lowest BCUT2D eigenvalue weighted by molar-refractivity contribution is -0.110. The highest BCUT2D eigenvalue weighted by atomic mass is 35.5. The number of hydrogen-bond acceptors (Lipinski definition) is 3. The van der Waals surface area contributed by atoms with Crippen molar-refractivity contribution >= 4 is 23.8 Å². The van der Waals surface area contributed by atoms with Crippen LogP contribution >= 0.6 is 11.6 Å². The van der Waals surface area contributed by atoms with Crippen LogP contribution in [-0.4, -0.2) is 17.2 Å². The van der Waals surface area contributed by atoms with Crippen LogP contribution in [0.2, 0.25) is 5.02 Å². The topological polar surface area (TPSA) is 59.1 Å². The molecule has 4 nitrogen and oxygen atoms in total. The van der Waals surface area contributed by atoms with Crippen molar-refractivity contribution in [2.24, 2.45) is 0 Å². The van der Waals surface area contributed by atoms with E-state index in [0.717, 1.165) is 0 Å². The van der Waals surface area contributed by atoms with Gasteiger partial charge in [0.1, 0.15) is 5.82 Å². The van der Waals surface area contributed by atoms with Crippen LogP contribution < -0.4 is 5.32 Å². The summed E-state index contributed by atoms with van der Waals surface area (Å²) < 4.78 is 14.7. The summed E-state index contributed by atoms with van der Waals surface area (Å²) in [5.74, 6) is -1.26. The van der Waals surface area contributed by atoms with Crippen LogP contribution in [0.5, 0.6) is 0 Å². The SMILES string of the molecule is CC[C@@H](NC=O)c1ccc(Cl)c(C(=O)c2cccnc2)c1F. The fourth-order valence-corrected chi connectivity index (χ4v) is 2.43. The van der Waals surface area contributed by atoms with Crippen molar-refractivity contribution in [3.05, 3.63) is 64.2 Å². The predicted octanol–water partition coefficient (Wildman–Crippen LogP) is 3.30. The first kappa shape index (κ1) is 16.1. The van der Waals surface area contributed by atoms with Gasteiger partial charge < -0.3 is 5.32 Å². The van der Waals surface area contributed by atoms with Gasteiger partial charge in [0.25, 0.3) is 0 Å². The molecule has 0 aliphatic rings. The number of aromatic nitrogens is 1. The summed E-state index contributed by atoms with van der Waals surface area (Å²) in [6.45, 7) is 1.80. The minimum Gasteiger partial charge on any atom is -0.352 e. The average molecular weight is 321 g/mol. The number of nitrogens with one attached hydrogen (secondary N) is 1. The van der Waals surface area contributed by atoms with E-state index < -0.39 is 17.6 Å². The molecule has 1 aromatic heterocycles. The normalized spacial score (nSPS) is 11.8. The van der Waals surface area contributed by atoms with Gasteiger partial charge in [-0.25, -0.2) is 4.39 Å². The zero-order chi connectivity index (χ0) is 16.1. The van der Waals surface area contributed by atoms with E-state index in [2.05, 4.69) is 10.3 Å². The maximum Gasteiger partial charge on any atom is 0.207 e. The maximum absolute atomic E-state index is 14.7. The Kier molecular flexibility index (Phi) is 5.22. The number of rotatable bonds is 6. The third-order valence-corrected chi connectivity index (χ3v) is 3.64. The molecule has 0 unspecified atom stereocenters. The molecule has 0 spiro atoms. The third kappa shape index (κ3) is 3.14. The third-order valence-electron chi connectivity index (χ3n) is 3.32. The van der Waals surface area contributed by atoms with E-state index in [1.807, 2.05) is 0 Å². The van der Waals surface area contributed by atoms with E-state index in [4.69, 9.17) is 11.6 Å². The summed E-state index contributed by atoms with van der Waals surface area (Å²) in [6.07, 6.45) is 3.86. The Morgan fingerprint density at radius 2 is 2.23 bits per heavy atom. The van der Waals surface area contributed by atoms with Crippen molar-refractivity contribution in [2.75, 3.05) is 0 Å². The Balaban J connectivity index is 2.52. The summed E-state index contributed by atoms with van der Waals surface area (Å²) in [5.41, 5.74) is 0.265. The number of ketones is 1. The van der Waals surface area contributed by atoms with Crippen LogP contribution in [-0.2, 0) is 4.79 Å². The van der Waals surface area contributed by atoms with Crippen LogP contribution in [0.25, 0.3) is 0 Å². The smallest absolute Gasteiger partial charge is 0.207 e. The van der Waals surface area contributed by atoms with Crippen molar-refractivity contribution in [1.29, 1.82) is 0 Å². The molecule has 114 valence electrons. The molecule has 1 amide bonds. The van der Waals surface area contributed by atoms with E-state index in [9.17, 15) is 14.0 Å². The second-order valence-corrected chi connectivity index (χ2v) is 5.05. The molecule has 0 bridgehead atoms. The molecule has 1 aromatic carbocycles. The minimum absolute atomic E-state index is 0.0241. The van der Waals surface area contributed by atoms with Gasteiger partial charge in [0.2, 0.25) is 6.41 Å². The fraction of sp³-hybridized carbons (Fsp3) is 0.188. The van der Waals surface area contributed by atoms with E-state index in [0.29, 0.717) is 12.8 Å². The van der Waals surface area contributed by atoms with Crippen LogP contribution in [0.4, 0.5) is 4.39 Å². The molecule has 1 N–H and O–H groups in total. The van der Waals surface area contributed by atoms with Gasteiger partial charge >= 0.3 is 0 Å². The van der Waals surface area contributed by atoms with Crippen molar-refractivity contribution in [1.82, 2.24) is 10.3 Å². The van der Waals surface area contributed by atoms with E-state index in [1.54, 1.807) is 19.1 Å². The van der Waals surface area contributed by atoms with Crippen molar-refractivity contribution < 1.29 is 14.0 Å². The van der Waals surface area contributed by atoms with Gasteiger partial charge in [-0.15, -0.1) is 0 Å². The number of benzene rings is 1. The van der Waals surface area contributed by atoms with Crippen LogP contribution in [0.1, 0.15) is 40.9 Å². The minimum atomic E-state index is -0.720. The number of nitrogens with zero attached hydrogens (tertiary/aromatic N) is 1. The van der Waals surface area contributed by atoms with Gasteiger partial charge in [0.15, 0.2) is 5.78 Å². The largest absolute Gasteiger partial charge is 0.352 e. The molecule has 0 aliphatic heterocycles. The summed E-state index contributed by atoms with van der Waals surface area (Å²) in [7, 11) is 0. The molecule has 6 heteroatoms. The quantitative estimate of drug-likeness (QED) is 0.656. The Bertz CT molecular complexity index is 692. The van der Waals surface area contributed by atoms with E-state index in [-0.39, 0.29) is 21.7 Å². The molecule has 22 heavy (non-hydrogen) atoms. The lowest BCUT2D eigenvalue weighted by Gasteiger charge is -2.17. The summed E-state index contributed by atoms with van der Waals surface area (Å²) in [4.78, 5) is 26.9. The molecule has 0 saturated carbocycles. The maximum atomic E-state index is 14.7. The molecule has 2 rings (SSSR count).